The van der Waals surface area contributed by atoms with Crippen molar-refractivity contribution >= 4 is 15.5 Å². The zero-order chi connectivity index (χ0) is 20.1. The lowest BCUT2D eigenvalue weighted by atomic mass is 10.1. The summed E-state index contributed by atoms with van der Waals surface area (Å²) in [5.41, 5.74) is 0. The minimum absolute atomic E-state index is 0.368. The molecule has 0 aromatic carbocycles. The molecule has 160 valence electrons. The quantitative estimate of drug-likeness (QED) is 0.189. The van der Waals surface area contributed by atoms with Gasteiger partial charge >= 0.3 is 0 Å². The maximum absolute atomic E-state index is 9.99. The second kappa shape index (κ2) is 21.9. The molecule has 0 heterocycles. The lowest BCUT2D eigenvalue weighted by molar-refractivity contribution is -0.185. The third-order valence-electron chi connectivity index (χ3n) is 4.87. The molecule has 0 aliphatic heterocycles. The van der Waals surface area contributed by atoms with E-state index in [9.17, 15) is 9.46 Å². The third kappa shape index (κ3) is 22.6. The van der Waals surface area contributed by atoms with Crippen LogP contribution in [0, 0.1) is 0 Å². The summed E-state index contributed by atoms with van der Waals surface area (Å²) in [5.74, 6) is 0. The molecule has 0 aliphatic carbocycles. The van der Waals surface area contributed by atoms with Crippen LogP contribution in [0.25, 0.3) is 0 Å². The van der Waals surface area contributed by atoms with Gasteiger partial charge in [0.15, 0.2) is 0 Å². The number of hydrogen-bond donors (Lipinski definition) is 0. The van der Waals surface area contributed by atoms with Gasteiger partial charge in [0.1, 0.15) is 8.25 Å². The van der Waals surface area contributed by atoms with Crippen molar-refractivity contribution in [2.75, 3.05) is 31.8 Å². The minimum Gasteiger partial charge on any atom is -0.781 e. The highest BCUT2D eigenvalue weighted by Crippen LogP contribution is 2.57. The van der Waals surface area contributed by atoms with E-state index in [0.29, 0.717) is 6.61 Å². The highest BCUT2D eigenvalue weighted by molar-refractivity contribution is 7.75. The van der Waals surface area contributed by atoms with Gasteiger partial charge in [-0.2, -0.15) is 0 Å². The summed E-state index contributed by atoms with van der Waals surface area (Å²) in [4.78, 5) is 9.99. The van der Waals surface area contributed by atoms with Crippen molar-refractivity contribution in [1.82, 2.24) is 0 Å². The topological polar surface area (TPSA) is 49.4 Å². The molecular formula is C21H48O3P2. The maximum atomic E-state index is 9.99. The molecule has 0 saturated heterocycles. The Morgan fingerprint density at radius 2 is 1.08 bits per heavy atom. The van der Waals surface area contributed by atoms with Gasteiger partial charge in [0.05, 0.1) is 25.1 Å². The smallest absolute Gasteiger partial charge is 0.122 e. The molecule has 1 unspecified atom stereocenters. The highest BCUT2D eigenvalue weighted by Gasteiger charge is 2.28. The van der Waals surface area contributed by atoms with Crippen LogP contribution in [0.3, 0.4) is 0 Å². The van der Waals surface area contributed by atoms with Crippen LogP contribution in [-0.2, 0) is 9.09 Å². The van der Waals surface area contributed by atoms with Crippen LogP contribution in [0.2, 0.25) is 0 Å². The molecule has 3 nitrogen and oxygen atoms in total. The summed E-state index contributed by atoms with van der Waals surface area (Å²) in [5, 5.41) is 0. The molecule has 0 N–H and O–H groups in total. The zero-order valence-electron chi connectivity index (χ0n) is 18.5. The number of hydrogen-bond acceptors (Lipinski definition) is 3. The Labute approximate surface area is 166 Å². The van der Waals surface area contributed by atoms with Crippen molar-refractivity contribution < 1.29 is 14.0 Å². The zero-order valence-corrected chi connectivity index (χ0v) is 20.4. The Morgan fingerprint density at radius 1 is 0.692 bits per heavy atom. The molecule has 0 fully saturated rings. The van der Waals surface area contributed by atoms with Crippen molar-refractivity contribution in [3.05, 3.63) is 0 Å². The minimum atomic E-state index is -2.93. The van der Waals surface area contributed by atoms with Crippen molar-refractivity contribution in [2.45, 2.75) is 105 Å². The first kappa shape index (κ1) is 28.8. The van der Waals surface area contributed by atoms with Gasteiger partial charge in [0.2, 0.25) is 0 Å². The predicted octanol–water partition coefficient (Wildman–Crippen LogP) is 7.15. The SMILES string of the molecule is CCCCCCCCO[PH](=O)[O-].CCCC[P+](C)(CCCC)CCCC. The lowest BCUT2D eigenvalue weighted by Gasteiger charge is -2.22. The van der Waals surface area contributed by atoms with Crippen LogP contribution in [0.4, 0.5) is 0 Å². The molecule has 0 spiro atoms. The molecule has 0 aliphatic rings. The van der Waals surface area contributed by atoms with Gasteiger partial charge in [-0.15, -0.1) is 0 Å². The molecule has 0 aromatic heterocycles. The Balaban J connectivity index is 0. The predicted molar refractivity (Wildman–Crippen MR) is 120 cm³/mol. The Hall–Kier alpha value is 0.580. The fourth-order valence-electron chi connectivity index (χ4n) is 2.99. The molecule has 1 atom stereocenters. The summed E-state index contributed by atoms with van der Waals surface area (Å²) in [6.07, 6.45) is 20.1. The third-order valence-corrected chi connectivity index (χ3v) is 9.50. The average molecular weight is 411 g/mol. The van der Waals surface area contributed by atoms with Crippen molar-refractivity contribution in [2.24, 2.45) is 0 Å². The molecular weight excluding hydrogens is 362 g/mol. The standard InChI is InChI=1S/C13H30P.C8H19O3P/c1-5-8-11-14(4,12-9-6-2)13-10-7-3;1-2-3-4-5-6-7-8-11-12(9)10/h5-13H2,1-4H3;12H,2-8H2,1H3,(H,9,10)/q+1;/p-1. The van der Waals surface area contributed by atoms with Gasteiger partial charge in [0.25, 0.3) is 0 Å². The molecule has 0 saturated carbocycles. The summed E-state index contributed by atoms with van der Waals surface area (Å²) in [6, 6.07) is 0. The van der Waals surface area contributed by atoms with E-state index < -0.39 is 15.5 Å². The van der Waals surface area contributed by atoms with Gasteiger partial charge < -0.3 is 14.0 Å². The van der Waals surface area contributed by atoms with Crippen LogP contribution in [0.1, 0.15) is 105 Å². The number of unbranched alkanes of at least 4 members (excludes halogenated alkanes) is 8. The molecule has 0 amide bonds. The van der Waals surface area contributed by atoms with Crippen molar-refractivity contribution in [3.63, 3.8) is 0 Å². The summed E-state index contributed by atoms with van der Waals surface area (Å²) in [6.45, 7) is 12.1. The Kier molecular flexibility index (Phi) is 24.2. The summed E-state index contributed by atoms with van der Waals surface area (Å²) >= 11 is 0. The first-order valence-corrected chi connectivity index (χ1v) is 15.1. The molecule has 0 radical (unpaired) electrons. The fraction of sp³-hybridized carbons (Fsp3) is 1.00. The first-order valence-electron chi connectivity index (χ1n) is 11.1. The van der Waals surface area contributed by atoms with Crippen LogP contribution in [0.5, 0.6) is 0 Å². The normalized spacial score (nSPS) is 12.5. The van der Waals surface area contributed by atoms with E-state index in [0.717, 1.165) is 12.8 Å². The van der Waals surface area contributed by atoms with E-state index in [1.807, 2.05) is 0 Å². The summed E-state index contributed by atoms with van der Waals surface area (Å²) in [7, 11) is -3.45. The van der Waals surface area contributed by atoms with E-state index in [2.05, 4.69) is 38.9 Å². The van der Waals surface area contributed by atoms with Gasteiger partial charge in [-0.3, -0.25) is 0 Å². The van der Waals surface area contributed by atoms with E-state index in [4.69, 9.17) is 0 Å². The van der Waals surface area contributed by atoms with Crippen LogP contribution in [-0.4, -0.2) is 31.8 Å². The lowest BCUT2D eigenvalue weighted by Crippen LogP contribution is -2.07. The van der Waals surface area contributed by atoms with Crippen LogP contribution >= 0.6 is 15.5 Å². The maximum Gasteiger partial charge on any atom is 0.122 e. The highest BCUT2D eigenvalue weighted by atomic mass is 31.2. The van der Waals surface area contributed by atoms with E-state index in [1.165, 1.54) is 64.2 Å². The van der Waals surface area contributed by atoms with Gasteiger partial charge in [-0.1, -0.05) is 79.1 Å². The van der Waals surface area contributed by atoms with Gasteiger partial charge in [-0.05, 0) is 25.7 Å². The van der Waals surface area contributed by atoms with Crippen molar-refractivity contribution in [3.8, 4) is 0 Å². The molecule has 0 bridgehead atoms. The monoisotopic (exact) mass is 410 g/mol. The molecule has 0 rings (SSSR count). The number of rotatable bonds is 17. The molecule has 0 aromatic rings. The van der Waals surface area contributed by atoms with Crippen LogP contribution in [0.15, 0.2) is 0 Å². The molecule has 26 heavy (non-hydrogen) atoms. The van der Waals surface area contributed by atoms with E-state index >= 15 is 0 Å². The second-order valence-corrected chi connectivity index (χ2v) is 13.1. The largest absolute Gasteiger partial charge is 0.781 e. The van der Waals surface area contributed by atoms with E-state index in [1.54, 1.807) is 18.5 Å². The van der Waals surface area contributed by atoms with Gasteiger partial charge in [0, 0.05) is 13.9 Å². The summed E-state index contributed by atoms with van der Waals surface area (Å²) < 4.78 is 14.4. The Morgan fingerprint density at radius 3 is 1.46 bits per heavy atom. The Bertz CT molecular complexity index is 277. The van der Waals surface area contributed by atoms with Crippen molar-refractivity contribution in [1.29, 1.82) is 0 Å². The van der Waals surface area contributed by atoms with E-state index in [-0.39, 0.29) is 0 Å². The second-order valence-electron chi connectivity index (χ2n) is 7.72. The average Bonchev–Trinajstić information content (AvgIpc) is 2.63. The van der Waals surface area contributed by atoms with Crippen LogP contribution < -0.4 is 4.89 Å². The molecule has 5 heteroatoms. The fourth-order valence-corrected chi connectivity index (χ4v) is 7.21. The van der Waals surface area contributed by atoms with Gasteiger partial charge in [-0.25, -0.2) is 0 Å². The first-order chi connectivity index (χ1) is 12.5.